The molecule has 6 aromatic carbocycles. The highest BCUT2D eigenvalue weighted by Gasteiger charge is 2.38. The van der Waals surface area contributed by atoms with Crippen molar-refractivity contribution in [2.24, 2.45) is 0 Å². The molecule has 1 aromatic heterocycles. The van der Waals surface area contributed by atoms with Gasteiger partial charge in [-0.15, -0.1) is 0 Å². The molecule has 0 N–H and O–H groups in total. The zero-order valence-corrected chi connectivity index (χ0v) is 23.4. The van der Waals surface area contributed by atoms with Crippen LogP contribution >= 0.6 is 0 Å². The molecule has 42 heavy (non-hydrogen) atoms. The van der Waals surface area contributed by atoms with Crippen molar-refractivity contribution in [3.8, 4) is 50.9 Å². The van der Waals surface area contributed by atoms with Gasteiger partial charge in [0.25, 0.3) is 0 Å². The highest BCUT2D eigenvalue weighted by Crippen LogP contribution is 2.55. The molecule has 9 rings (SSSR count). The molecule has 0 fully saturated rings. The van der Waals surface area contributed by atoms with E-state index in [9.17, 15) is 0 Å². The molecule has 200 valence electrons. The molecule has 0 radical (unpaired) electrons. The number of fused-ring (bicyclic) bond motifs is 8. The fraction of sp³-hybridized carbons (Fsp3) is 0.0769. The van der Waals surface area contributed by atoms with Crippen LogP contribution in [0.5, 0.6) is 23.0 Å². The second-order valence-electron chi connectivity index (χ2n) is 11.8. The van der Waals surface area contributed by atoms with Crippen molar-refractivity contribution >= 4 is 21.8 Å². The summed E-state index contributed by atoms with van der Waals surface area (Å²) in [4.78, 5) is 0. The summed E-state index contributed by atoms with van der Waals surface area (Å²) >= 11 is 0. The van der Waals surface area contributed by atoms with Crippen LogP contribution < -0.4 is 9.47 Å². The van der Waals surface area contributed by atoms with Crippen molar-refractivity contribution in [2.75, 3.05) is 0 Å². The van der Waals surface area contributed by atoms with E-state index in [2.05, 4.69) is 122 Å². The monoisotopic (exact) mass is 541 g/mol. The molecule has 1 aliphatic heterocycles. The SMILES string of the molecule is CC1(C)c2cc(-c3ccc4c(c3)c3ccccc3n4-c3ccccc3)ccc2-c2cc3c(cc21)Oc1ccccc1O3. The van der Waals surface area contributed by atoms with E-state index in [-0.39, 0.29) is 5.41 Å². The van der Waals surface area contributed by atoms with E-state index in [0.717, 1.165) is 23.0 Å². The molecule has 3 nitrogen and oxygen atoms in total. The molecular weight excluding hydrogens is 514 g/mol. The summed E-state index contributed by atoms with van der Waals surface area (Å²) in [7, 11) is 0. The molecule has 0 amide bonds. The van der Waals surface area contributed by atoms with Gasteiger partial charge in [0.1, 0.15) is 0 Å². The normalized spacial score (nSPS) is 14.0. The molecule has 0 saturated heterocycles. The van der Waals surface area contributed by atoms with Gasteiger partial charge in [-0.1, -0.05) is 80.6 Å². The Hall–Kier alpha value is -5.28. The third kappa shape index (κ3) is 3.22. The second-order valence-corrected chi connectivity index (χ2v) is 11.8. The number of benzene rings is 6. The summed E-state index contributed by atoms with van der Waals surface area (Å²) in [5.41, 5.74) is 10.9. The average Bonchev–Trinajstić information content (AvgIpc) is 3.47. The Kier molecular flexibility index (Phi) is 4.67. The molecule has 1 aliphatic carbocycles. The Morgan fingerprint density at radius 2 is 1.10 bits per heavy atom. The third-order valence-corrected chi connectivity index (χ3v) is 9.05. The smallest absolute Gasteiger partial charge is 0.170 e. The van der Waals surface area contributed by atoms with E-state index in [1.165, 1.54) is 60.9 Å². The molecule has 0 spiro atoms. The van der Waals surface area contributed by atoms with Crippen LogP contribution in [0.4, 0.5) is 0 Å². The minimum atomic E-state index is -0.177. The first kappa shape index (κ1) is 23.4. The number of rotatable bonds is 2. The van der Waals surface area contributed by atoms with Crippen LogP contribution in [0.15, 0.2) is 127 Å². The lowest BCUT2D eigenvalue weighted by Crippen LogP contribution is -2.15. The first-order valence-electron chi connectivity index (χ1n) is 14.4. The van der Waals surface area contributed by atoms with Crippen LogP contribution in [0.1, 0.15) is 25.0 Å². The predicted octanol–water partition coefficient (Wildman–Crippen LogP) is 10.7. The summed E-state index contributed by atoms with van der Waals surface area (Å²) in [5, 5.41) is 2.52. The molecule has 0 unspecified atom stereocenters. The number of ether oxygens (including phenoxy) is 2. The lowest BCUT2D eigenvalue weighted by molar-refractivity contribution is 0.359. The quantitative estimate of drug-likeness (QED) is 0.217. The highest BCUT2D eigenvalue weighted by atomic mass is 16.6. The van der Waals surface area contributed by atoms with Gasteiger partial charge in [0.2, 0.25) is 0 Å². The van der Waals surface area contributed by atoms with Gasteiger partial charge in [-0.05, 0) is 94.0 Å². The van der Waals surface area contributed by atoms with Crippen molar-refractivity contribution in [1.29, 1.82) is 0 Å². The van der Waals surface area contributed by atoms with E-state index in [0.29, 0.717) is 0 Å². The number of hydrogen-bond acceptors (Lipinski definition) is 2. The largest absolute Gasteiger partial charge is 0.450 e. The molecule has 0 bridgehead atoms. The topological polar surface area (TPSA) is 23.4 Å². The molecule has 0 saturated carbocycles. The van der Waals surface area contributed by atoms with Crippen molar-refractivity contribution in [3.05, 3.63) is 139 Å². The predicted molar refractivity (Wildman–Crippen MR) is 170 cm³/mol. The van der Waals surface area contributed by atoms with Gasteiger partial charge in [0.05, 0.1) is 11.0 Å². The van der Waals surface area contributed by atoms with Crippen LogP contribution in [0.3, 0.4) is 0 Å². The standard InChI is InChI=1S/C39H27NO2/c1-39(2)31-21-25(16-18-27(31)29-22-37-38(23-32(29)39)42-36-15-9-8-14-35(36)41-37)24-17-19-34-30(20-24)28-12-6-7-13-33(28)40(34)26-10-4-3-5-11-26/h3-23H,1-2H3. The highest BCUT2D eigenvalue weighted by molar-refractivity contribution is 6.10. The van der Waals surface area contributed by atoms with Crippen LogP contribution in [0, 0.1) is 0 Å². The average molecular weight is 542 g/mol. The van der Waals surface area contributed by atoms with Gasteiger partial charge < -0.3 is 14.0 Å². The van der Waals surface area contributed by atoms with E-state index >= 15 is 0 Å². The first-order chi connectivity index (χ1) is 20.6. The van der Waals surface area contributed by atoms with Crippen molar-refractivity contribution in [1.82, 2.24) is 4.57 Å². The van der Waals surface area contributed by atoms with Crippen molar-refractivity contribution in [3.63, 3.8) is 0 Å². The van der Waals surface area contributed by atoms with Crippen LogP contribution in [-0.4, -0.2) is 4.57 Å². The fourth-order valence-electron chi connectivity index (χ4n) is 6.94. The summed E-state index contributed by atoms with van der Waals surface area (Å²) < 4.78 is 14.9. The Morgan fingerprint density at radius 1 is 0.476 bits per heavy atom. The molecule has 2 heterocycles. The Labute approximate surface area is 244 Å². The van der Waals surface area contributed by atoms with Gasteiger partial charge in [-0.2, -0.15) is 0 Å². The van der Waals surface area contributed by atoms with Gasteiger partial charge in [-0.25, -0.2) is 0 Å². The summed E-state index contributed by atoms with van der Waals surface area (Å²) in [6.07, 6.45) is 0. The maximum absolute atomic E-state index is 6.27. The van der Waals surface area contributed by atoms with Gasteiger partial charge in [0, 0.05) is 21.9 Å². The maximum atomic E-state index is 6.27. The van der Waals surface area contributed by atoms with E-state index < -0.39 is 0 Å². The molecule has 0 atom stereocenters. The lowest BCUT2D eigenvalue weighted by atomic mass is 9.81. The van der Waals surface area contributed by atoms with E-state index in [1.807, 2.05) is 24.3 Å². The fourth-order valence-corrected chi connectivity index (χ4v) is 6.94. The number of hydrogen-bond donors (Lipinski definition) is 0. The Balaban J connectivity index is 1.17. The van der Waals surface area contributed by atoms with Gasteiger partial charge >= 0.3 is 0 Å². The zero-order valence-electron chi connectivity index (χ0n) is 23.4. The molecular formula is C39H27NO2. The molecule has 3 heteroatoms. The third-order valence-electron chi connectivity index (χ3n) is 9.05. The summed E-state index contributed by atoms with van der Waals surface area (Å²) in [6.45, 7) is 4.62. The van der Waals surface area contributed by atoms with Gasteiger partial charge in [0.15, 0.2) is 23.0 Å². The van der Waals surface area contributed by atoms with E-state index in [1.54, 1.807) is 0 Å². The van der Waals surface area contributed by atoms with Crippen molar-refractivity contribution < 1.29 is 9.47 Å². The summed E-state index contributed by atoms with van der Waals surface area (Å²) in [5.74, 6) is 3.04. The van der Waals surface area contributed by atoms with Crippen molar-refractivity contribution in [2.45, 2.75) is 19.3 Å². The van der Waals surface area contributed by atoms with Crippen LogP contribution in [0.25, 0.3) is 49.7 Å². The van der Waals surface area contributed by atoms with Crippen LogP contribution in [0.2, 0.25) is 0 Å². The number of para-hydroxylation sites is 4. The lowest BCUT2D eigenvalue weighted by Gasteiger charge is -2.25. The number of nitrogens with zero attached hydrogens (tertiary/aromatic N) is 1. The first-order valence-corrected chi connectivity index (χ1v) is 14.4. The number of aromatic nitrogens is 1. The van der Waals surface area contributed by atoms with Crippen LogP contribution in [-0.2, 0) is 5.41 Å². The van der Waals surface area contributed by atoms with E-state index in [4.69, 9.17) is 9.47 Å². The Morgan fingerprint density at radius 3 is 1.90 bits per heavy atom. The van der Waals surface area contributed by atoms with Gasteiger partial charge in [-0.3, -0.25) is 0 Å². The summed E-state index contributed by atoms with van der Waals surface area (Å²) in [6, 6.07) is 45.3. The second kappa shape index (κ2) is 8.37. The molecule has 2 aliphatic rings. The maximum Gasteiger partial charge on any atom is 0.170 e. The zero-order chi connectivity index (χ0) is 28.0. The minimum Gasteiger partial charge on any atom is -0.450 e. The Bertz CT molecular complexity index is 2220. The molecule has 7 aromatic rings. The minimum absolute atomic E-state index is 0.177.